The van der Waals surface area contributed by atoms with Crippen molar-refractivity contribution >= 4 is 34.6 Å². The summed E-state index contributed by atoms with van der Waals surface area (Å²) < 4.78 is 38.8. The van der Waals surface area contributed by atoms with Crippen molar-refractivity contribution < 1.29 is 13.2 Å². The molecule has 0 unspecified atom stereocenters. The van der Waals surface area contributed by atoms with E-state index in [0.29, 0.717) is 23.9 Å². The molecular formula is C22H19ClF3N3S. The highest BCUT2D eigenvalue weighted by Crippen LogP contribution is 2.35. The molecule has 1 aromatic heterocycles. The molecule has 0 saturated heterocycles. The lowest BCUT2D eigenvalue weighted by molar-refractivity contribution is -0.137. The molecule has 1 heterocycles. The summed E-state index contributed by atoms with van der Waals surface area (Å²) in [6.45, 7) is 2.96. The van der Waals surface area contributed by atoms with Gasteiger partial charge in [-0.15, -0.1) is 0 Å². The second-order valence-corrected chi connectivity index (χ2v) is 7.58. The first-order valence-corrected chi connectivity index (χ1v) is 9.89. The van der Waals surface area contributed by atoms with Crippen LogP contribution in [0.2, 0.25) is 5.02 Å². The van der Waals surface area contributed by atoms with Crippen LogP contribution < -0.4 is 5.32 Å². The van der Waals surface area contributed by atoms with Gasteiger partial charge in [-0.2, -0.15) is 13.2 Å². The predicted molar refractivity (Wildman–Crippen MR) is 117 cm³/mol. The molecule has 2 aromatic carbocycles. The van der Waals surface area contributed by atoms with E-state index in [4.69, 9.17) is 23.8 Å². The maximum atomic E-state index is 12.9. The standard InChI is InChI=1S/C22H19ClF3N3S/c1-15-5-7-16(8-6-15)13-29(14-18-4-2-3-11-27-18)21(30)28-17-9-10-19(20(23)12-17)22(24,25)26/h2-12H,13-14H2,1H3,(H,28,30). The number of alkyl halides is 3. The zero-order valence-electron chi connectivity index (χ0n) is 16.1. The fourth-order valence-corrected chi connectivity index (χ4v) is 3.36. The average molecular weight is 450 g/mol. The van der Waals surface area contributed by atoms with Gasteiger partial charge in [0, 0.05) is 18.4 Å². The number of hydrogen-bond acceptors (Lipinski definition) is 2. The van der Waals surface area contributed by atoms with Gasteiger partial charge in [0.2, 0.25) is 0 Å². The van der Waals surface area contributed by atoms with Gasteiger partial charge in [0.15, 0.2) is 5.11 Å². The quantitative estimate of drug-likeness (QED) is 0.452. The van der Waals surface area contributed by atoms with Gasteiger partial charge >= 0.3 is 6.18 Å². The summed E-state index contributed by atoms with van der Waals surface area (Å²) in [6.07, 6.45) is -2.81. The van der Waals surface area contributed by atoms with Gasteiger partial charge in [0.05, 0.1) is 22.8 Å². The highest BCUT2D eigenvalue weighted by Gasteiger charge is 2.33. The zero-order valence-corrected chi connectivity index (χ0v) is 17.7. The summed E-state index contributed by atoms with van der Waals surface area (Å²) in [7, 11) is 0. The van der Waals surface area contributed by atoms with Crippen molar-refractivity contribution in [3.05, 3.63) is 94.3 Å². The number of halogens is 4. The van der Waals surface area contributed by atoms with Crippen molar-refractivity contribution in [1.82, 2.24) is 9.88 Å². The molecule has 0 fully saturated rings. The van der Waals surface area contributed by atoms with Gasteiger partial charge in [-0.3, -0.25) is 4.98 Å². The van der Waals surface area contributed by atoms with Crippen molar-refractivity contribution in [3.8, 4) is 0 Å². The number of pyridine rings is 1. The second kappa shape index (κ2) is 9.45. The number of rotatable bonds is 5. The van der Waals surface area contributed by atoms with Crippen LogP contribution in [0.3, 0.4) is 0 Å². The molecule has 0 bridgehead atoms. The average Bonchev–Trinajstić information content (AvgIpc) is 2.69. The third-order valence-corrected chi connectivity index (χ3v) is 5.06. The van der Waals surface area contributed by atoms with Crippen LogP contribution in [0.15, 0.2) is 66.9 Å². The number of anilines is 1. The van der Waals surface area contributed by atoms with Gasteiger partial charge in [-0.25, -0.2) is 0 Å². The van der Waals surface area contributed by atoms with Crippen molar-refractivity contribution in [1.29, 1.82) is 0 Å². The van der Waals surface area contributed by atoms with E-state index < -0.39 is 11.7 Å². The zero-order chi connectivity index (χ0) is 21.7. The Hall–Kier alpha value is -2.64. The molecule has 0 aliphatic carbocycles. The van der Waals surface area contributed by atoms with Crippen LogP contribution in [0.4, 0.5) is 18.9 Å². The topological polar surface area (TPSA) is 28.2 Å². The van der Waals surface area contributed by atoms with Crippen LogP contribution in [0.25, 0.3) is 0 Å². The number of benzene rings is 2. The summed E-state index contributed by atoms with van der Waals surface area (Å²) >= 11 is 11.4. The predicted octanol–water partition coefficient (Wildman–Crippen LogP) is 6.46. The fraction of sp³-hybridized carbons (Fsp3) is 0.182. The van der Waals surface area contributed by atoms with E-state index >= 15 is 0 Å². The van der Waals surface area contributed by atoms with Crippen LogP contribution >= 0.6 is 23.8 Å². The normalized spacial score (nSPS) is 11.2. The van der Waals surface area contributed by atoms with Gasteiger partial charge < -0.3 is 10.2 Å². The first kappa shape index (κ1) is 22.1. The van der Waals surface area contributed by atoms with E-state index in [0.717, 1.165) is 22.9 Å². The number of thiocarbonyl (C=S) groups is 1. The number of aromatic nitrogens is 1. The number of nitrogens with one attached hydrogen (secondary N) is 1. The van der Waals surface area contributed by atoms with E-state index in [1.807, 2.05) is 54.3 Å². The molecule has 1 N–H and O–H groups in total. The van der Waals surface area contributed by atoms with E-state index in [1.165, 1.54) is 12.1 Å². The van der Waals surface area contributed by atoms with Crippen LogP contribution in [0.1, 0.15) is 22.4 Å². The van der Waals surface area contributed by atoms with E-state index in [-0.39, 0.29) is 5.02 Å². The third kappa shape index (κ3) is 5.93. The molecule has 0 aliphatic rings. The number of nitrogens with zero attached hydrogens (tertiary/aromatic N) is 2. The van der Waals surface area contributed by atoms with Crippen molar-refractivity contribution in [2.24, 2.45) is 0 Å². The molecule has 30 heavy (non-hydrogen) atoms. The summed E-state index contributed by atoms with van der Waals surface area (Å²) in [6, 6.07) is 17.1. The Bertz CT molecular complexity index is 1010. The fourth-order valence-electron chi connectivity index (χ4n) is 2.83. The van der Waals surface area contributed by atoms with E-state index in [9.17, 15) is 13.2 Å². The minimum Gasteiger partial charge on any atom is -0.339 e. The van der Waals surface area contributed by atoms with Gasteiger partial charge in [-0.05, 0) is 55.0 Å². The van der Waals surface area contributed by atoms with Crippen LogP contribution in [-0.2, 0) is 19.3 Å². The lowest BCUT2D eigenvalue weighted by Crippen LogP contribution is -2.34. The van der Waals surface area contributed by atoms with Crippen LogP contribution in [0.5, 0.6) is 0 Å². The van der Waals surface area contributed by atoms with Crippen molar-refractivity contribution in [2.45, 2.75) is 26.2 Å². The molecule has 0 spiro atoms. The van der Waals surface area contributed by atoms with Gasteiger partial charge in [0.25, 0.3) is 0 Å². The Kier molecular flexibility index (Phi) is 6.95. The molecule has 0 aliphatic heterocycles. The maximum Gasteiger partial charge on any atom is 0.417 e. The highest BCUT2D eigenvalue weighted by atomic mass is 35.5. The summed E-state index contributed by atoms with van der Waals surface area (Å²) in [5.74, 6) is 0. The Morgan fingerprint density at radius 3 is 2.40 bits per heavy atom. The molecule has 3 rings (SSSR count). The monoisotopic (exact) mass is 449 g/mol. The first-order valence-electron chi connectivity index (χ1n) is 9.10. The Morgan fingerprint density at radius 2 is 1.80 bits per heavy atom. The molecule has 0 atom stereocenters. The molecule has 3 aromatic rings. The molecule has 3 nitrogen and oxygen atoms in total. The summed E-state index contributed by atoms with van der Waals surface area (Å²) in [4.78, 5) is 6.24. The van der Waals surface area contributed by atoms with Crippen LogP contribution in [-0.4, -0.2) is 15.0 Å². The smallest absolute Gasteiger partial charge is 0.339 e. The van der Waals surface area contributed by atoms with Crippen LogP contribution in [0, 0.1) is 6.92 Å². The molecule has 156 valence electrons. The minimum absolute atomic E-state index is 0.358. The first-order chi connectivity index (χ1) is 14.2. The lowest BCUT2D eigenvalue weighted by Gasteiger charge is -2.26. The second-order valence-electron chi connectivity index (χ2n) is 6.79. The number of aryl methyl sites for hydroxylation is 1. The SMILES string of the molecule is Cc1ccc(CN(Cc2ccccn2)C(=S)Nc2ccc(C(F)(F)F)c(Cl)c2)cc1. The molecule has 0 amide bonds. The van der Waals surface area contributed by atoms with Crippen molar-refractivity contribution in [2.75, 3.05) is 5.32 Å². The molecule has 8 heteroatoms. The lowest BCUT2D eigenvalue weighted by atomic mass is 10.1. The Balaban J connectivity index is 1.80. The highest BCUT2D eigenvalue weighted by molar-refractivity contribution is 7.80. The van der Waals surface area contributed by atoms with E-state index in [2.05, 4.69) is 10.3 Å². The minimum atomic E-state index is -4.51. The third-order valence-electron chi connectivity index (χ3n) is 4.39. The molecular weight excluding hydrogens is 431 g/mol. The van der Waals surface area contributed by atoms with Crippen molar-refractivity contribution in [3.63, 3.8) is 0 Å². The Labute approximate surface area is 183 Å². The summed E-state index contributed by atoms with van der Waals surface area (Å²) in [5.41, 5.74) is 2.51. The van der Waals surface area contributed by atoms with Gasteiger partial charge in [-0.1, -0.05) is 47.5 Å². The molecule has 0 radical (unpaired) electrons. The largest absolute Gasteiger partial charge is 0.417 e. The van der Waals surface area contributed by atoms with E-state index in [1.54, 1.807) is 6.20 Å². The maximum absolute atomic E-state index is 12.9. The Morgan fingerprint density at radius 1 is 1.07 bits per heavy atom. The van der Waals surface area contributed by atoms with Gasteiger partial charge in [0.1, 0.15) is 0 Å². The molecule has 0 saturated carbocycles. The summed E-state index contributed by atoms with van der Waals surface area (Å²) in [5, 5.41) is 2.97. The number of hydrogen-bond donors (Lipinski definition) is 1.